The van der Waals surface area contributed by atoms with Gasteiger partial charge in [-0.2, -0.15) is 5.10 Å². The van der Waals surface area contributed by atoms with Gasteiger partial charge in [0.1, 0.15) is 17.6 Å². The molecular formula is C27H27F2N9O4. The number of nitrogens with two attached hydrogens (primary N) is 1. The first-order valence-corrected chi connectivity index (χ1v) is 12.8. The highest BCUT2D eigenvalue weighted by molar-refractivity contribution is 5.93. The highest BCUT2D eigenvalue weighted by Gasteiger charge is 2.42. The second-order valence-electron chi connectivity index (χ2n) is 10.1. The molecule has 0 spiro atoms. The van der Waals surface area contributed by atoms with Crippen LogP contribution >= 0.6 is 0 Å². The molecule has 1 atom stereocenters. The lowest BCUT2D eigenvalue weighted by molar-refractivity contribution is -0.125. The average Bonchev–Trinajstić information content (AvgIpc) is 3.49. The van der Waals surface area contributed by atoms with E-state index in [2.05, 4.69) is 30.1 Å². The van der Waals surface area contributed by atoms with Crippen LogP contribution in [-0.4, -0.2) is 84.0 Å². The van der Waals surface area contributed by atoms with Crippen LogP contribution in [0.1, 0.15) is 36.1 Å². The fourth-order valence-electron chi connectivity index (χ4n) is 4.82. The van der Waals surface area contributed by atoms with E-state index in [9.17, 15) is 18.4 Å². The van der Waals surface area contributed by atoms with E-state index in [4.69, 9.17) is 15.2 Å². The Hall–Kier alpha value is -5.05. The third kappa shape index (κ3) is 5.72. The molecule has 1 unspecified atom stereocenters. The van der Waals surface area contributed by atoms with E-state index >= 15 is 0 Å². The number of H-pyrrole nitrogens is 1. The number of primary amides is 1. The zero-order chi connectivity index (χ0) is 30.0. The minimum absolute atomic E-state index is 0.0571. The highest BCUT2D eigenvalue weighted by Crippen LogP contribution is 2.31. The standard InChI is InChI=1S/C27H27F2N9O4/c1-27(2)14-37(8-9-38(27)26(40)19-12-33-25(41-3)22(35-19)17-6-7-34-36-17)23(24(30)39)18-11-32-21(13-31-18)42-20-5-4-15(28)10-16(20)29/h4-7,10-13,23H,8-9,14H2,1-3H3,(H2,30,39)(H,34,36). The first-order chi connectivity index (χ1) is 20.1. The summed E-state index contributed by atoms with van der Waals surface area (Å²) in [6.45, 7) is 4.54. The number of piperazine rings is 1. The summed E-state index contributed by atoms with van der Waals surface area (Å²) in [6, 6.07) is 3.60. The number of benzene rings is 1. The van der Waals surface area contributed by atoms with Gasteiger partial charge in [0.2, 0.25) is 17.7 Å². The van der Waals surface area contributed by atoms with Crippen molar-refractivity contribution in [1.29, 1.82) is 0 Å². The van der Waals surface area contributed by atoms with Crippen LogP contribution in [0.5, 0.6) is 17.5 Å². The van der Waals surface area contributed by atoms with Gasteiger partial charge >= 0.3 is 0 Å². The number of halogens is 2. The van der Waals surface area contributed by atoms with Gasteiger partial charge < -0.3 is 20.1 Å². The topological polar surface area (TPSA) is 165 Å². The fraction of sp³-hybridized carbons (Fsp3) is 0.296. The Bertz CT molecular complexity index is 1600. The number of aromatic amines is 1. The zero-order valence-electron chi connectivity index (χ0n) is 22.9. The van der Waals surface area contributed by atoms with Crippen LogP contribution in [0.15, 0.2) is 49.1 Å². The van der Waals surface area contributed by atoms with Crippen LogP contribution in [-0.2, 0) is 4.79 Å². The van der Waals surface area contributed by atoms with Crippen molar-refractivity contribution in [2.45, 2.75) is 25.4 Å². The quantitative estimate of drug-likeness (QED) is 0.317. The lowest BCUT2D eigenvalue weighted by Crippen LogP contribution is -2.62. The maximum atomic E-state index is 14.0. The lowest BCUT2D eigenvalue weighted by Gasteiger charge is -2.48. The number of rotatable bonds is 8. The van der Waals surface area contributed by atoms with Crippen LogP contribution in [0.3, 0.4) is 0 Å². The van der Waals surface area contributed by atoms with E-state index in [0.717, 1.165) is 12.1 Å². The summed E-state index contributed by atoms with van der Waals surface area (Å²) in [7, 11) is 1.46. The van der Waals surface area contributed by atoms with E-state index in [1.54, 1.807) is 17.2 Å². The average molecular weight is 580 g/mol. The molecule has 13 nitrogen and oxygen atoms in total. The van der Waals surface area contributed by atoms with Crippen molar-refractivity contribution in [2.75, 3.05) is 26.7 Å². The molecule has 0 radical (unpaired) electrons. The van der Waals surface area contributed by atoms with Crippen LogP contribution in [0, 0.1) is 11.6 Å². The molecule has 0 bridgehead atoms. The van der Waals surface area contributed by atoms with Gasteiger partial charge in [0, 0.05) is 31.9 Å². The molecule has 4 aromatic rings. The lowest BCUT2D eigenvalue weighted by atomic mass is 9.96. The van der Waals surface area contributed by atoms with Crippen molar-refractivity contribution in [1.82, 2.24) is 39.9 Å². The SMILES string of the molecule is COc1ncc(C(=O)N2CCN(C(C(N)=O)c3cnc(Oc4ccc(F)cc4F)cn3)CC2(C)C)nc1-c1ccn[nH]1. The van der Waals surface area contributed by atoms with E-state index in [1.165, 1.54) is 25.7 Å². The van der Waals surface area contributed by atoms with E-state index in [0.29, 0.717) is 24.0 Å². The highest BCUT2D eigenvalue weighted by atomic mass is 19.1. The predicted octanol–water partition coefficient (Wildman–Crippen LogP) is 2.50. The second kappa shape index (κ2) is 11.4. The van der Waals surface area contributed by atoms with Gasteiger partial charge in [-0.15, -0.1) is 0 Å². The smallest absolute Gasteiger partial charge is 0.274 e. The molecule has 1 aliphatic heterocycles. The van der Waals surface area contributed by atoms with E-state index in [1.807, 2.05) is 18.7 Å². The number of carbonyl (C=O) groups is 2. The van der Waals surface area contributed by atoms with Gasteiger partial charge in [-0.3, -0.25) is 24.6 Å². The normalized spacial score (nSPS) is 15.7. The Morgan fingerprint density at radius 3 is 2.52 bits per heavy atom. The van der Waals surface area contributed by atoms with Gasteiger partial charge in [0.25, 0.3) is 5.91 Å². The first-order valence-electron chi connectivity index (χ1n) is 12.8. The van der Waals surface area contributed by atoms with Crippen molar-refractivity contribution in [3.8, 4) is 28.9 Å². The number of amides is 2. The second-order valence-corrected chi connectivity index (χ2v) is 10.1. The van der Waals surface area contributed by atoms with Crippen molar-refractivity contribution in [3.05, 3.63) is 72.1 Å². The fourth-order valence-corrected chi connectivity index (χ4v) is 4.82. The van der Waals surface area contributed by atoms with Crippen LogP contribution < -0.4 is 15.2 Å². The van der Waals surface area contributed by atoms with Gasteiger partial charge in [-0.1, -0.05) is 0 Å². The molecule has 218 valence electrons. The molecule has 2 amide bonds. The molecule has 1 aromatic carbocycles. The molecular weight excluding hydrogens is 552 g/mol. The van der Waals surface area contributed by atoms with Crippen LogP contribution in [0.25, 0.3) is 11.4 Å². The number of ether oxygens (including phenoxy) is 2. The summed E-state index contributed by atoms with van der Waals surface area (Å²) in [4.78, 5) is 46.8. The van der Waals surface area contributed by atoms with Crippen molar-refractivity contribution in [2.24, 2.45) is 5.73 Å². The van der Waals surface area contributed by atoms with Gasteiger partial charge in [-0.05, 0) is 32.0 Å². The third-order valence-corrected chi connectivity index (χ3v) is 6.76. The number of nitrogens with zero attached hydrogens (tertiary/aromatic N) is 7. The molecule has 5 rings (SSSR count). The molecule has 42 heavy (non-hydrogen) atoms. The molecule has 1 aliphatic rings. The number of methoxy groups -OCH3 is 1. The Morgan fingerprint density at radius 2 is 1.90 bits per heavy atom. The Morgan fingerprint density at radius 1 is 1.10 bits per heavy atom. The maximum absolute atomic E-state index is 14.0. The molecule has 1 fully saturated rings. The number of carbonyl (C=O) groups excluding carboxylic acids is 2. The van der Waals surface area contributed by atoms with Crippen molar-refractivity contribution in [3.63, 3.8) is 0 Å². The minimum atomic E-state index is -0.960. The molecule has 4 heterocycles. The third-order valence-electron chi connectivity index (χ3n) is 6.76. The minimum Gasteiger partial charge on any atom is -0.479 e. The molecule has 3 N–H and O–H groups in total. The Labute approximate surface area is 238 Å². The maximum Gasteiger partial charge on any atom is 0.274 e. The van der Waals surface area contributed by atoms with Gasteiger partial charge in [0.05, 0.1) is 42.6 Å². The monoisotopic (exact) mass is 579 g/mol. The number of nitrogens with one attached hydrogen (secondary N) is 1. The number of hydrogen-bond donors (Lipinski definition) is 2. The molecule has 1 saturated heterocycles. The largest absolute Gasteiger partial charge is 0.479 e. The molecule has 15 heteroatoms. The molecule has 0 aliphatic carbocycles. The van der Waals surface area contributed by atoms with Crippen LogP contribution in [0.4, 0.5) is 8.78 Å². The number of aromatic nitrogens is 6. The summed E-state index contributed by atoms with van der Waals surface area (Å²) in [5.74, 6) is -2.70. The van der Waals surface area contributed by atoms with Gasteiger partial charge in [-0.25, -0.2) is 23.7 Å². The molecule has 0 saturated carbocycles. The van der Waals surface area contributed by atoms with E-state index < -0.39 is 29.1 Å². The van der Waals surface area contributed by atoms with Crippen molar-refractivity contribution >= 4 is 11.8 Å². The summed E-state index contributed by atoms with van der Waals surface area (Å²) in [5.41, 5.74) is 6.28. The molecule has 3 aromatic heterocycles. The summed E-state index contributed by atoms with van der Waals surface area (Å²) in [5, 5.41) is 6.72. The number of hydrogen-bond acceptors (Lipinski definition) is 10. The summed E-state index contributed by atoms with van der Waals surface area (Å²) >= 11 is 0. The predicted molar refractivity (Wildman–Crippen MR) is 143 cm³/mol. The van der Waals surface area contributed by atoms with Crippen LogP contribution in [0.2, 0.25) is 0 Å². The first kappa shape index (κ1) is 28.5. The van der Waals surface area contributed by atoms with Gasteiger partial charge in [0.15, 0.2) is 17.3 Å². The zero-order valence-corrected chi connectivity index (χ0v) is 22.9. The summed E-state index contributed by atoms with van der Waals surface area (Å²) < 4.78 is 37.8. The Balaban J connectivity index is 1.32. The van der Waals surface area contributed by atoms with E-state index in [-0.39, 0.29) is 47.9 Å². The van der Waals surface area contributed by atoms with Crippen molar-refractivity contribution < 1.29 is 27.8 Å². The Kier molecular flexibility index (Phi) is 7.76. The summed E-state index contributed by atoms with van der Waals surface area (Å²) in [6.07, 6.45) is 5.44.